The summed E-state index contributed by atoms with van der Waals surface area (Å²) in [5.41, 5.74) is 1.20. The Bertz CT molecular complexity index is 392. The minimum absolute atomic E-state index is 0.824. The van der Waals surface area contributed by atoms with Crippen molar-refractivity contribution < 1.29 is 0 Å². The van der Waals surface area contributed by atoms with Gasteiger partial charge in [-0.1, -0.05) is 20.8 Å². The van der Waals surface area contributed by atoms with Gasteiger partial charge in [0.05, 0.1) is 5.69 Å². The molecule has 0 aliphatic carbocycles. The van der Waals surface area contributed by atoms with Gasteiger partial charge in [-0.25, -0.2) is 4.98 Å². The summed E-state index contributed by atoms with van der Waals surface area (Å²) in [7, 11) is 0. The minimum atomic E-state index is 0.824. The lowest BCUT2D eigenvalue weighted by atomic mass is 9.87. The third-order valence-electron chi connectivity index (χ3n) is 4.17. The molecule has 4 heteroatoms. The lowest BCUT2D eigenvalue weighted by Gasteiger charge is -2.33. The Morgan fingerprint density at radius 2 is 2.05 bits per heavy atom. The second-order valence-corrected chi connectivity index (χ2v) is 6.92. The summed E-state index contributed by atoms with van der Waals surface area (Å²) in [5.74, 6) is 1.73. The van der Waals surface area contributed by atoms with Crippen molar-refractivity contribution in [3.63, 3.8) is 0 Å². The number of nitrogens with zero attached hydrogens (tertiary/aromatic N) is 2. The summed E-state index contributed by atoms with van der Waals surface area (Å²) >= 11 is 1.87. The van der Waals surface area contributed by atoms with Gasteiger partial charge in [0, 0.05) is 24.5 Å². The molecular weight excluding hydrogens is 254 g/mol. The monoisotopic (exact) mass is 281 g/mol. The second-order valence-electron chi connectivity index (χ2n) is 5.85. The van der Waals surface area contributed by atoms with E-state index >= 15 is 0 Å². The van der Waals surface area contributed by atoms with E-state index in [1.807, 2.05) is 11.3 Å². The fraction of sp³-hybridized carbons (Fsp3) is 0.800. The van der Waals surface area contributed by atoms with E-state index in [0.717, 1.165) is 24.9 Å². The fourth-order valence-corrected chi connectivity index (χ4v) is 3.79. The normalized spacial score (nSPS) is 17.4. The van der Waals surface area contributed by atoms with Gasteiger partial charge in [-0.15, -0.1) is 11.3 Å². The Kier molecular flexibility index (Phi) is 5.22. The maximum absolute atomic E-state index is 4.76. The number of hydrogen-bond acceptors (Lipinski definition) is 4. The number of anilines is 1. The van der Waals surface area contributed by atoms with E-state index in [0.29, 0.717) is 0 Å². The molecule has 0 bridgehead atoms. The Labute approximate surface area is 121 Å². The summed E-state index contributed by atoms with van der Waals surface area (Å²) in [6.45, 7) is 13.3. The van der Waals surface area contributed by atoms with Crippen LogP contribution in [0.5, 0.6) is 0 Å². The van der Waals surface area contributed by atoms with Gasteiger partial charge in [-0.05, 0) is 38.1 Å². The first-order chi connectivity index (χ1) is 9.11. The van der Waals surface area contributed by atoms with Crippen molar-refractivity contribution >= 4 is 16.5 Å². The quantitative estimate of drug-likeness (QED) is 0.896. The molecule has 1 aromatic heterocycles. The van der Waals surface area contributed by atoms with Crippen molar-refractivity contribution in [2.75, 3.05) is 24.5 Å². The van der Waals surface area contributed by atoms with Crippen LogP contribution in [0.15, 0.2) is 0 Å². The fourth-order valence-electron chi connectivity index (χ4n) is 2.71. The number of aromatic nitrogens is 1. The Balaban J connectivity index is 1.96. The summed E-state index contributed by atoms with van der Waals surface area (Å²) in [6.07, 6.45) is 2.64. The molecule has 108 valence electrons. The SMILES string of the molecule is CCNCc1sc(N2CCC(C(C)C)CC2)nc1C. The van der Waals surface area contributed by atoms with E-state index in [1.165, 1.54) is 41.6 Å². The van der Waals surface area contributed by atoms with E-state index in [1.54, 1.807) is 0 Å². The molecule has 0 spiro atoms. The smallest absolute Gasteiger partial charge is 0.185 e. The zero-order valence-electron chi connectivity index (χ0n) is 12.7. The van der Waals surface area contributed by atoms with Gasteiger partial charge in [0.1, 0.15) is 0 Å². The van der Waals surface area contributed by atoms with Gasteiger partial charge in [-0.3, -0.25) is 0 Å². The summed E-state index contributed by atoms with van der Waals surface area (Å²) in [4.78, 5) is 8.63. The van der Waals surface area contributed by atoms with Gasteiger partial charge < -0.3 is 10.2 Å². The molecular formula is C15H27N3S. The number of aryl methyl sites for hydroxylation is 1. The highest BCUT2D eigenvalue weighted by Gasteiger charge is 2.23. The molecule has 1 N–H and O–H groups in total. The highest BCUT2D eigenvalue weighted by atomic mass is 32.1. The number of piperidine rings is 1. The van der Waals surface area contributed by atoms with Crippen LogP contribution in [-0.2, 0) is 6.54 Å². The average Bonchev–Trinajstić information content (AvgIpc) is 2.78. The number of hydrogen-bond donors (Lipinski definition) is 1. The molecule has 0 aromatic carbocycles. The number of nitrogens with one attached hydrogen (secondary N) is 1. The lowest BCUT2D eigenvalue weighted by molar-refractivity contribution is 0.311. The topological polar surface area (TPSA) is 28.2 Å². The maximum Gasteiger partial charge on any atom is 0.185 e. The number of thiazole rings is 1. The van der Waals surface area contributed by atoms with Crippen LogP contribution in [-0.4, -0.2) is 24.6 Å². The molecule has 0 atom stereocenters. The molecule has 3 nitrogen and oxygen atoms in total. The maximum atomic E-state index is 4.76. The van der Waals surface area contributed by atoms with Gasteiger partial charge in [0.2, 0.25) is 0 Å². The molecule has 2 rings (SSSR count). The van der Waals surface area contributed by atoms with E-state index in [4.69, 9.17) is 4.98 Å². The van der Waals surface area contributed by atoms with E-state index in [-0.39, 0.29) is 0 Å². The highest BCUT2D eigenvalue weighted by molar-refractivity contribution is 7.15. The summed E-state index contributed by atoms with van der Waals surface area (Å²) in [5, 5.41) is 4.62. The van der Waals surface area contributed by atoms with E-state index in [9.17, 15) is 0 Å². The molecule has 19 heavy (non-hydrogen) atoms. The zero-order valence-corrected chi connectivity index (χ0v) is 13.5. The van der Waals surface area contributed by atoms with Gasteiger partial charge in [-0.2, -0.15) is 0 Å². The van der Waals surface area contributed by atoms with Crippen LogP contribution in [0.25, 0.3) is 0 Å². The van der Waals surface area contributed by atoms with Crippen molar-refractivity contribution in [1.29, 1.82) is 0 Å². The van der Waals surface area contributed by atoms with E-state index in [2.05, 4.69) is 37.9 Å². The van der Waals surface area contributed by atoms with Crippen LogP contribution >= 0.6 is 11.3 Å². The third kappa shape index (κ3) is 3.69. The first-order valence-electron chi connectivity index (χ1n) is 7.53. The van der Waals surface area contributed by atoms with Gasteiger partial charge in [0.15, 0.2) is 5.13 Å². The Morgan fingerprint density at radius 3 is 2.63 bits per heavy atom. The van der Waals surface area contributed by atoms with Gasteiger partial charge >= 0.3 is 0 Å². The molecule has 1 saturated heterocycles. The molecule has 0 saturated carbocycles. The average molecular weight is 281 g/mol. The van der Waals surface area contributed by atoms with Gasteiger partial charge in [0.25, 0.3) is 0 Å². The standard InChI is InChI=1S/C15H27N3S/c1-5-16-10-14-12(4)17-15(19-14)18-8-6-13(7-9-18)11(2)3/h11,13,16H,5-10H2,1-4H3. The van der Waals surface area contributed by atoms with Crippen LogP contribution in [0, 0.1) is 18.8 Å². The van der Waals surface area contributed by atoms with Crippen LogP contribution < -0.4 is 10.2 Å². The van der Waals surface area contributed by atoms with Crippen LogP contribution in [0.4, 0.5) is 5.13 Å². The van der Waals surface area contributed by atoms with Crippen molar-refractivity contribution in [2.45, 2.75) is 47.1 Å². The second kappa shape index (κ2) is 6.71. The summed E-state index contributed by atoms with van der Waals surface area (Å²) in [6, 6.07) is 0. The van der Waals surface area contributed by atoms with Crippen molar-refractivity contribution in [3.05, 3.63) is 10.6 Å². The van der Waals surface area contributed by atoms with Crippen molar-refractivity contribution in [3.8, 4) is 0 Å². The van der Waals surface area contributed by atoms with Crippen molar-refractivity contribution in [2.24, 2.45) is 11.8 Å². The van der Waals surface area contributed by atoms with Crippen LogP contribution in [0.3, 0.4) is 0 Å². The lowest BCUT2D eigenvalue weighted by Crippen LogP contribution is -2.35. The molecule has 0 radical (unpaired) electrons. The zero-order chi connectivity index (χ0) is 13.8. The minimum Gasteiger partial charge on any atom is -0.348 e. The van der Waals surface area contributed by atoms with Crippen molar-refractivity contribution in [1.82, 2.24) is 10.3 Å². The molecule has 1 fully saturated rings. The summed E-state index contributed by atoms with van der Waals surface area (Å²) < 4.78 is 0. The highest BCUT2D eigenvalue weighted by Crippen LogP contribution is 2.31. The molecule has 0 unspecified atom stereocenters. The van der Waals surface area contributed by atoms with E-state index < -0.39 is 0 Å². The molecule has 2 heterocycles. The third-order valence-corrected chi connectivity index (χ3v) is 5.39. The molecule has 1 aliphatic heterocycles. The Morgan fingerprint density at radius 1 is 1.37 bits per heavy atom. The Hall–Kier alpha value is -0.610. The predicted octanol–water partition coefficient (Wildman–Crippen LogP) is 3.43. The van der Waals surface area contributed by atoms with Crippen LogP contribution in [0.2, 0.25) is 0 Å². The first kappa shape index (κ1) is 14.8. The predicted molar refractivity (Wildman–Crippen MR) is 84.0 cm³/mol. The molecule has 1 aliphatic rings. The number of rotatable bonds is 5. The molecule has 1 aromatic rings. The largest absolute Gasteiger partial charge is 0.348 e. The first-order valence-corrected chi connectivity index (χ1v) is 8.35. The molecule has 0 amide bonds. The van der Waals surface area contributed by atoms with Crippen LogP contribution in [0.1, 0.15) is 44.2 Å².